The van der Waals surface area contributed by atoms with Crippen molar-refractivity contribution in [3.05, 3.63) is 22.4 Å². The fraction of sp³-hybridized carbons (Fsp3) is 0.588. The van der Waals surface area contributed by atoms with Gasteiger partial charge in [-0.2, -0.15) is 0 Å². The van der Waals surface area contributed by atoms with Crippen molar-refractivity contribution in [1.29, 1.82) is 0 Å². The molecule has 1 N–H and O–H groups in total. The molecule has 148 valence electrons. The monoisotopic (exact) mass is 428 g/mol. The summed E-state index contributed by atoms with van der Waals surface area (Å²) in [5.41, 5.74) is 0. The van der Waals surface area contributed by atoms with E-state index in [2.05, 4.69) is 5.32 Å². The minimum Gasteiger partial charge on any atom is -0.518 e. The van der Waals surface area contributed by atoms with Crippen LogP contribution in [-0.2, 0) is 36.0 Å². The van der Waals surface area contributed by atoms with Gasteiger partial charge in [-0.15, -0.1) is 11.3 Å². The van der Waals surface area contributed by atoms with E-state index in [-0.39, 0.29) is 18.2 Å². The predicted molar refractivity (Wildman–Crippen MR) is 106 cm³/mol. The summed E-state index contributed by atoms with van der Waals surface area (Å²) in [5.74, 6) is -1.18. The smallest absolute Gasteiger partial charge is 0.317 e. The molecule has 1 aromatic heterocycles. The van der Waals surface area contributed by atoms with Crippen LogP contribution in [-0.4, -0.2) is 57.4 Å². The molecule has 0 saturated carbocycles. The van der Waals surface area contributed by atoms with Crippen LogP contribution in [0.15, 0.2) is 17.5 Å². The van der Waals surface area contributed by atoms with Crippen molar-refractivity contribution >= 4 is 48.2 Å². The number of fused-ring (bicyclic) bond motifs is 1. The molecular formula is C17H24N2O5S2Si. The van der Waals surface area contributed by atoms with Gasteiger partial charge in [0.1, 0.15) is 17.5 Å². The maximum atomic E-state index is 13.0. The summed E-state index contributed by atoms with van der Waals surface area (Å²) in [6.07, 6.45) is 0.172. The molecular weight excluding hydrogens is 404 g/mol. The Balaban J connectivity index is 1.75. The van der Waals surface area contributed by atoms with Gasteiger partial charge in [0.05, 0.1) is 22.0 Å². The summed E-state index contributed by atoms with van der Waals surface area (Å²) < 4.78 is 17.6. The highest BCUT2D eigenvalue weighted by atomic mass is 32.2. The molecule has 2 fully saturated rings. The van der Waals surface area contributed by atoms with Gasteiger partial charge in [0, 0.05) is 4.88 Å². The van der Waals surface area contributed by atoms with Crippen molar-refractivity contribution in [3.63, 3.8) is 0 Å². The lowest BCUT2D eigenvalue weighted by Crippen LogP contribution is -2.72. The number of hydrogen-bond donors (Lipinski definition) is 1. The second-order valence-corrected chi connectivity index (χ2v) is 15.9. The van der Waals surface area contributed by atoms with Crippen LogP contribution in [0.5, 0.6) is 0 Å². The Morgan fingerprint density at radius 2 is 2.04 bits per heavy atom. The maximum absolute atomic E-state index is 13.0. The molecule has 2 saturated heterocycles. The van der Waals surface area contributed by atoms with Crippen molar-refractivity contribution in [2.24, 2.45) is 0 Å². The van der Waals surface area contributed by atoms with E-state index >= 15 is 0 Å². The first-order chi connectivity index (χ1) is 12.4. The highest BCUT2D eigenvalue weighted by molar-refractivity contribution is 7.87. The highest BCUT2D eigenvalue weighted by Gasteiger charge is 2.68. The highest BCUT2D eigenvalue weighted by Crippen LogP contribution is 2.44. The van der Waals surface area contributed by atoms with Crippen molar-refractivity contribution in [2.45, 2.75) is 62.1 Å². The molecule has 10 heteroatoms. The number of nitrogens with zero attached hydrogens (tertiary/aromatic N) is 1. The van der Waals surface area contributed by atoms with Crippen LogP contribution in [0.2, 0.25) is 19.6 Å². The molecule has 3 heterocycles. The lowest BCUT2D eigenvalue weighted by Gasteiger charge is -2.43. The topological polar surface area (TPSA) is 92.8 Å². The largest absolute Gasteiger partial charge is 0.518 e. The average molecular weight is 429 g/mol. The fourth-order valence-electron chi connectivity index (χ4n) is 3.43. The lowest BCUT2D eigenvalue weighted by atomic mass is 9.96. The molecule has 2 aliphatic heterocycles. The van der Waals surface area contributed by atoms with E-state index in [1.165, 1.54) is 16.2 Å². The van der Waals surface area contributed by atoms with E-state index < -0.39 is 47.3 Å². The maximum Gasteiger partial charge on any atom is 0.317 e. The molecule has 27 heavy (non-hydrogen) atoms. The molecule has 1 aromatic rings. The summed E-state index contributed by atoms with van der Waals surface area (Å²) in [6, 6.07) is 1.95. The fourth-order valence-corrected chi connectivity index (χ4v) is 6.76. The Morgan fingerprint density at radius 1 is 1.37 bits per heavy atom. The molecule has 4 atom stereocenters. The molecule has 2 amide bonds. The molecule has 2 aliphatic rings. The van der Waals surface area contributed by atoms with E-state index in [0.29, 0.717) is 0 Å². The number of β-lactam (4-membered cyclic amide) rings is 1. The van der Waals surface area contributed by atoms with Gasteiger partial charge >= 0.3 is 5.97 Å². The first kappa shape index (κ1) is 20.2. The van der Waals surface area contributed by atoms with Gasteiger partial charge in [-0.25, -0.2) is 0 Å². The number of carbonyl (C=O) groups is 3. The molecule has 0 radical (unpaired) electrons. The predicted octanol–water partition coefficient (Wildman–Crippen LogP) is 1.23. The van der Waals surface area contributed by atoms with E-state index in [1.54, 1.807) is 13.8 Å². The first-order valence-electron chi connectivity index (χ1n) is 8.71. The van der Waals surface area contributed by atoms with Crippen LogP contribution in [0.3, 0.4) is 0 Å². The van der Waals surface area contributed by atoms with Gasteiger partial charge in [-0.05, 0) is 44.9 Å². The lowest BCUT2D eigenvalue weighted by molar-refractivity contribution is -0.160. The summed E-state index contributed by atoms with van der Waals surface area (Å²) in [6.45, 7) is 9.05. The zero-order valence-corrected chi connectivity index (χ0v) is 18.6. The van der Waals surface area contributed by atoms with Gasteiger partial charge in [0.2, 0.25) is 20.1 Å². The third kappa shape index (κ3) is 3.62. The van der Waals surface area contributed by atoms with Crippen molar-refractivity contribution in [3.8, 4) is 0 Å². The second kappa shape index (κ2) is 6.82. The molecule has 7 nitrogen and oxygen atoms in total. The van der Waals surface area contributed by atoms with Crippen LogP contribution < -0.4 is 5.32 Å². The molecule has 0 aliphatic carbocycles. The van der Waals surface area contributed by atoms with Crippen LogP contribution in [0.4, 0.5) is 0 Å². The summed E-state index contributed by atoms with van der Waals surface area (Å²) in [7, 11) is -3.66. The van der Waals surface area contributed by atoms with Crippen LogP contribution >= 0.6 is 11.3 Å². The average Bonchev–Trinajstić information content (AvgIpc) is 3.08. The van der Waals surface area contributed by atoms with Gasteiger partial charge < -0.3 is 14.6 Å². The van der Waals surface area contributed by atoms with Crippen LogP contribution in [0.25, 0.3) is 0 Å². The minimum atomic E-state index is -2.16. The van der Waals surface area contributed by atoms with Gasteiger partial charge in [-0.1, -0.05) is 6.07 Å². The molecule has 0 aromatic carbocycles. The molecule has 0 unspecified atom stereocenters. The van der Waals surface area contributed by atoms with Gasteiger partial charge in [0.25, 0.3) is 0 Å². The quantitative estimate of drug-likeness (QED) is 0.562. The van der Waals surface area contributed by atoms with E-state index in [9.17, 15) is 18.6 Å². The summed E-state index contributed by atoms with van der Waals surface area (Å²) >= 11 is 1.46. The third-order valence-corrected chi connectivity index (χ3v) is 8.50. The van der Waals surface area contributed by atoms with E-state index in [4.69, 9.17) is 4.43 Å². The Morgan fingerprint density at radius 3 is 2.59 bits per heavy atom. The molecule has 0 spiro atoms. The molecule has 3 rings (SSSR count). The van der Waals surface area contributed by atoms with Gasteiger partial charge in [0.15, 0.2) is 0 Å². The number of hydrogen-bond acceptors (Lipinski definition) is 6. The zero-order chi connectivity index (χ0) is 20.1. The summed E-state index contributed by atoms with van der Waals surface area (Å²) in [5, 5.41) is 3.87. The number of nitrogens with one attached hydrogen (secondary N) is 1. The number of thiophene rings is 1. The zero-order valence-electron chi connectivity index (χ0n) is 16.0. The van der Waals surface area contributed by atoms with Crippen molar-refractivity contribution < 1.29 is 23.0 Å². The van der Waals surface area contributed by atoms with Gasteiger partial charge in [-0.3, -0.25) is 18.6 Å². The summed E-state index contributed by atoms with van der Waals surface area (Å²) in [4.78, 5) is 39.9. The standard InChI is InChI=1S/C17H24N2O5S2Si/c1-17(2)13(16(22)24-27(3,4)5)19-14(21)12(15(19)26(17)23)18-11(20)9-10-7-6-8-25-10/h6-8,12-13,15H,9H2,1-5H3,(H,18,20)/t12-,13+,15-,26+/m1/s1. The van der Waals surface area contributed by atoms with Crippen LogP contribution in [0.1, 0.15) is 18.7 Å². The molecule has 0 bridgehead atoms. The third-order valence-electron chi connectivity index (χ3n) is 4.62. The number of carbonyl (C=O) groups excluding carboxylic acids is 3. The van der Waals surface area contributed by atoms with Crippen LogP contribution in [0, 0.1) is 0 Å². The normalized spacial score (nSPS) is 29.1. The first-order valence-corrected chi connectivity index (χ1v) is 14.2. The Labute approximate surface area is 166 Å². The van der Waals surface area contributed by atoms with E-state index in [0.717, 1.165) is 4.88 Å². The van der Waals surface area contributed by atoms with Crippen molar-refractivity contribution in [1.82, 2.24) is 10.2 Å². The van der Waals surface area contributed by atoms with E-state index in [1.807, 2.05) is 37.2 Å². The minimum absolute atomic E-state index is 0.172. The van der Waals surface area contributed by atoms with Crippen molar-refractivity contribution in [2.75, 3.05) is 0 Å². The number of rotatable bonds is 5. The number of amides is 2. The Hall–Kier alpha value is -1.52. The SMILES string of the molecule is CC1(C)[C@H](C(=O)O[Si](C)(C)C)N2C(=O)[C@@H](NC(=O)Cc3cccs3)[C@H]2[S@@]1=O. The Kier molecular flexibility index (Phi) is 5.11. The Bertz CT molecular complexity index is 803. The second-order valence-electron chi connectivity index (χ2n) is 8.27.